The molecule has 3 saturated carbocycles. The van der Waals surface area contributed by atoms with Crippen LogP contribution in [0.1, 0.15) is 208 Å². The van der Waals surface area contributed by atoms with Gasteiger partial charge in [0.05, 0.1) is 0 Å². The van der Waals surface area contributed by atoms with E-state index in [0.29, 0.717) is 35.0 Å². The van der Waals surface area contributed by atoms with Crippen LogP contribution in [0.25, 0.3) is 0 Å². The molecule has 0 aliphatic heterocycles. The minimum Gasteiger partial charge on any atom is -0.462 e. The number of ether oxygens (including phenoxy) is 1. The Bertz CT molecular complexity index is 1080. The van der Waals surface area contributed by atoms with Gasteiger partial charge in [-0.3, -0.25) is 4.79 Å². The van der Waals surface area contributed by atoms with E-state index in [2.05, 4.69) is 66.3 Å². The first-order chi connectivity index (χ1) is 24.1. The van der Waals surface area contributed by atoms with Gasteiger partial charge in [0.1, 0.15) is 6.10 Å². The van der Waals surface area contributed by atoms with Gasteiger partial charge in [0.25, 0.3) is 0 Å². The zero-order valence-corrected chi connectivity index (χ0v) is 34.2. The van der Waals surface area contributed by atoms with Crippen molar-refractivity contribution < 1.29 is 9.53 Å². The molecule has 4 aliphatic rings. The lowest BCUT2D eigenvalue weighted by Crippen LogP contribution is -2.50. The minimum atomic E-state index is 0.0677. The van der Waals surface area contributed by atoms with E-state index < -0.39 is 0 Å². The Kier molecular flexibility index (Phi) is 17.2. The molecule has 0 aromatic heterocycles. The molecule has 0 heterocycles. The summed E-state index contributed by atoms with van der Waals surface area (Å²) in [5.41, 5.74) is 3.94. The van der Waals surface area contributed by atoms with Crippen LogP contribution in [-0.4, -0.2) is 12.1 Å². The van der Waals surface area contributed by atoms with Gasteiger partial charge < -0.3 is 4.74 Å². The van der Waals surface area contributed by atoms with Gasteiger partial charge >= 0.3 is 5.97 Å². The Labute approximate surface area is 311 Å². The Morgan fingerprint density at radius 2 is 1.36 bits per heavy atom. The van der Waals surface area contributed by atoms with Gasteiger partial charge in [-0.25, -0.2) is 0 Å². The molecule has 4 aliphatic carbocycles. The lowest BCUT2D eigenvalue weighted by Gasteiger charge is -2.58. The number of fused-ring (bicyclic) bond motifs is 5. The number of allylic oxidation sites excluding steroid dienone is 5. The second-order valence-corrected chi connectivity index (χ2v) is 18.5. The standard InChI is InChI=1S/C48H82O2/c1-8-10-11-12-13-14-15-16-17-18-19-20-21-22-23-24-25-46(49)50-41-32-34-47(6)40(36-41)28-29-42-44-31-30-43(48(44,7)35-33-45(42)47)38(5)26-27-39(9-2)37(3)4/h26-27,29,38-41,43-45H,3,8-25,28,30-36H2,1-2,4-7H3. The summed E-state index contributed by atoms with van der Waals surface area (Å²) in [6.45, 7) is 18.8. The van der Waals surface area contributed by atoms with Crippen LogP contribution in [0.3, 0.4) is 0 Å². The average Bonchev–Trinajstić information content (AvgIpc) is 3.45. The Morgan fingerprint density at radius 3 is 1.94 bits per heavy atom. The largest absolute Gasteiger partial charge is 0.462 e. The molecule has 0 saturated heterocycles. The number of carbonyl (C=O) groups is 1. The van der Waals surface area contributed by atoms with E-state index in [4.69, 9.17) is 4.74 Å². The fourth-order valence-corrected chi connectivity index (χ4v) is 11.6. The molecule has 0 bridgehead atoms. The summed E-state index contributed by atoms with van der Waals surface area (Å²) in [5, 5.41) is 0. The molecule has 4 rings (SSSR count). The van der Waals surface area contributed by atoms with E-state index in [0.717, 1.165) is 43.4 Å². The summed E-state index contributed by atoms with van der Waals surface area (Å²) in [7, 11) is 0. The van der Waals surface area contributed by atoms with Crippen LogP contribution in [-0.2, 0) is 9.53 Å². The van der Waals surface area contributed by atoms with Crippen LogP contribution < -0.4 is 0 Å². The molecule has 0 radical (unpaired) electrons. The number of unbranched alkanes of at least 4 members (excludes halogenated alkanes) is 15. The van der Waals surface area contributed by atoms with E-state index in [1.54, 1.807) is 0 Å². The van der Waals surface area contributed by atoms with Crippen LogP contribution in [0.4, 0.5) is 0 Å². The molecular formula is C48H82O2. The number of hydrogen-bond acceptors (Lipinski definition) is 2. The molecule has 50 heavy (non-hydrogen) atoms. The van der Waals surface area contributed by atoms with Crippen LogP contribution in [0.15, 0.2) is 36.0 Å². The molecule has 9 atom stereocenters. The van der Waals surface area contributed by atoms with Crippen molar-refractivity contribution in [1.29, 1.82) is 0 Å². The number of rotatable bonds is 23. The molecule has 2 nitrogen and oxygen atoms in total. The van der Waals surface area contributed by atoms with E-state index >= 15 is 0 Å². The number of esters is 1. The van der Waals surface area contributed by atoms with Crippen molar-refractivity contribution in [1.82, 2.24) is 0 Å². The first kappa shape index (κ1) is 41.4. The van der Waals surface area contributed by atoms with Crippen LogP contribution in [0.2, 0.25) is 0 Å². The second-order valence-electron chi connectivity index (χ2n) is 18.5. The van der Waals surface area contributed by atoms with E-state index in [1.807, 2.05) is 5.57 Å². The van der Waals surface area contributed by atoms with Crippen LogP contribution in [0, 0.1) is 46.3 Å². The normalized spacial score (nSPS) is 31.8. The monoisotopic (exact) mass is 691 g/mol. The summed E-state index contributed by atoms with van der Waals surface area (Å²) >= 11 is 0. The lowest BCUT2D eigenvalue weighted by atomic mass is 9.47. The third-order valence-corrected chi connectivity index (χ3v) is 15.0. The summed E-state index contributed by atoms with van der Waals surface area (Å²) < 4.78 is 6.16. The minimum absolute atomic E-state index is 0.0677. The molecule has 0 aromatic carbocycles. The zero-order chi connectivity index (χ0) is 36.0. The molecule has 0 amide bonds. The quantitative estimate of drug-likeness (QED) is 0.0606. The molecule has 3 fully saturated rings. The van der Waals surface area contributed by atoms with E-state index in [1.165, 1.54) is 140 Å². The molecule has 0 spiro atoms. The highest BCUT2D eigenvalue weighted by molar-refractivity contribution is 5.69. The topological polar surface area (TPSA) is 26.3 Å². The number of carbonyl (C=O) groups excluding carboxylic acids is 1. The second kappa shape index (κ2) is 20.8. The predicted molar refractivity (Wildman–Crippen MR) is 216 cm³/mol. The van der Waals surface area contributed by atoms with Gasteiger partial charge in [-0.1, -0.05) is 167 Å². The first-order valence-corrected chi connectivity index (χ1v) is 22.4. The van der Waals surface area contributed by atoms with Gasteiger partial charge in [-0.2, -0.15) is 0 Å². The van der Waals surface area contributed by atoms with Crippen molar-refractivity contribution in [2.75, 3.05) is 0 Å². The van der Waals surface area contributed by atoms with Gasteiger partial charge in [0.2, 0.25) is 0 Å². The molecule has 2 heteroatoms. The van der Waals surface area contributed by atoms with Crippen molar-refractivity contribution in [3.63, 3.8) is 0 Å². The molecular weight excluding hydrogens is 609 g/mol. The highest BCUT2D eigenvalue weighted by Gasteiger charge is 2.58. The van der Waals surface area contributed by atoms with Crippen molar-refractivity contribution in [3.05, 3.63) is 36.0 Å². The van der Waals surface area contributed by atoms with Crippen molar-refractivity contribution >= 4 is 5.97 Å². The molecule has 0 N–H and O–H groups in total. The average molecular weight is 691 g/mol. The van der Waals surface area contributed by atoms with Gasteiger partial charge in [-0.15, -0.1) is 0 Å². The number of hydrogen-bond donors (Lipinski definition) is 0. The summed E-state index contributed by atoms with van der Waals surface area (Å²) in [6, 6.07) is 0. The molecule has 9 unspecified atom stereocenters. The maximum absolute atomic E-state index is 12.9. The van der Waals surface area contributed by atoms with Crippen LogP contribution in [0.5, 0.6) is 0 Å². The molecule has 286 valence electrons. The summed E-state index contributed by atoms with van der Waals surface area (Å²) in [5.74, 6) is 4.16. The Morgan fingerprint density at radius 1 is 0.800 bits per heavy atom. The maximum Gasteiger partial charge on any atom is 0.306 e. The maximum atomic E-state index is 12.9. The highest BCUT2D eigenvalue weighted by Crippen LogP contribution is 2.67. The SMILES string of the molecule is C=C(C)C(C=CC(C)C1CCC2C3=CCC4CC(OC(=O)CCCCCCCCCCCCCCCCCC)CCC4(C)C3CCC21C)CC. The fourth-order valence-electron chi connectivity index (χ4n) is 11.6. The van der Waals surface area contributed by atoms with Crippen LogP contribution >= 0.6 is 0 Å². The summed E-state index contributed by atoms with van der Waals surface area (Å²) in [4.78, 5) is 12.9. The van der Waals surface area contributed by atoms with E-state index in [9.17, 15) is 4.79 Å². The highest BCUT2D eigenvalue weighted by atomic mass is 16.5. The van der Waals surface area contributed by atoms with Gasteiger partial charge in [0.15, 0.2) is 0 Å². The van der Waals surface area contributed by atoms with Gasteiger partial charge in [-0.05, 0) is 117 Å². The van der Waals surface area contributed by atoms with Crippen molar-refractivity contribution in [3.8, 4) is 0 Å². The Hall–Kier alpha value is -1.31. The lowest BCUT2D eigenvalue weighted by molar-refractivity contribution is -0.155. The van der Waals surface area contributed by atoms with Gasteiger partial charge in [0, 0.05) is 6.42 Å². The summed E-state index contributed by atoms with van der Waals surface area (Å²) in [6.07, 6.45) is 41.5. The zero-order valence-electron chi connectivity index (χ0n) is 34.2. The smallest absolute Gasteiger partial charge is 0.306 e. The predicted octanol–water partition coefficient (Wildman–Crippen LogP) is 14.9. The Balaban J connectivity index is 1.11. The fraction of sp³-hybridized carbons (Fsp3) is 0.854. The third-order valence-electron chi connectivity index (χ3n) is 15.0. The molecule has 0 aromatic rings. The van der Waals surface area contributed by atoms with E-state index in [-0.39, 0.29) is 12.1 Å². The first-order valence-electron chi connectivity index (χ1n) is 22.4. The third kappa shape index (κ3) is 11.1. The van der Waals surface area contributed by atoms with Crippen molar-refractivity contribution in [2.45, 2.75) is 215 Å². The van der Waals surface area contributed by atoms with Crippen molar-refractivity contribution in [2.24, 2.45) is 46.3 Å².